The number of hydrogen-bond acceptors (Lipinski definition) is 3. The SMILES string of the molecule is Cc1cccc(O[C@@H](C)C(=O)N[C@H](C)c2nc3ccccc3[nH]2)c1. The van der Waals surface area contributed by atoms with E-state index in [1.807, 2.05) is 62.4 Å². The van der Waals surface area contributed by atoms with Crippen LogP contribution in [0.2, 0.25) is 0 Å². The first-order chi connectivity index (χ1) is 11.5. The highest BCUT2D eigenvalue weighted by atomic mass is 16.5. The molecule has 0 fully saturated rings. The van der Waals surface area contributed by atoms with Crippen molar-refractivity contribution in [2.75, 3.05) is 0 Å². The molecular weight excluding hydrogens is 302 g/mol. The summed E-state index contributed by atoms with van der Waals surface area (Å²) >= 11 is 0. The lowest BCUT2D eigenvalue weighted by atomic mass is 10.2. The Balaban J connectivity index is 1.64. The molecule has 5 heteroatoms. The number of nitrogens with zero attached hydrogens (tertiary/aromatic N) is 1. The van der Waals surface area contributed by atoms with E-state index in [-0.39, 0.29) is 11.9 Å². The van der Waals surface area contributed by atoms with Crippen molar-refractivity contribution in [3.8, 4) is 5.75 Å². The average Bonchev–Trinajstić information content (AvgIpc) is 2.99. The quantitative estimate of drug-likeness (QED) is 0.755. The Hall–Kier alpha value is -2.82. The summed E-state index contributed by atoms with van der Waals surface area (Å²) in [6, 6.07) is 15.2. The summed E-state index contributed by atoms with van der Waals surface area (Å²) in [7, 11) is 0. The summed E-state index contributed by atoms with van der Waals surface area (Å²) in [5, 5.41) is 2.93. The van der Waals surface area contributed by atoms with Crippen LogP contribution in [0.1, 0.15) is 31.3 Å². The van der Waals surface area contributed by atoms with Gasteiger partial charge >= 0.3 is 0 Å². The van der Waals surface area contributed by atoms with E-state index in [0.717, 1.165) is 22.4 Å². The molecule has 0 bridgehead atoms. The first-order valence-corrected chi connectivity index (χ1v) is 8.01. The van der Waals surface area contributed by atoms with Crippen molar-refractivity contribution < 1.29 is 9.53 Å². The van der Waals surface area contributed by atoms with Crippen molar-refractivity contribution in [2.24, 2.45) is 0 Å². The van der Waals surface area contributed by atoms with Crippen LogP contribution in [0.25, 0.3) is 11.0 Å². The zero-order valence-corrected chi connectivity index (χ0v) is 14.0. The maximum atomic E-state index is 12.4. The van der Waals surface area contributed by atoms with E-state index < -0.39 is 6.10 Å². The molecule has 5 nitrogen and oxygen atoms in total. The van der Waals surface area contributed by atoms with E-state index >= 15 is 0 Å². The highest BCUT2D eigenvalue weighted by Crippen LogP contribution is 2.17. The highest BCUT2D eigenvalue weighted by molar-refractivity contribution is 5.81. The molecule has 0 aliphatic heterocycles. The number of benzene rings is 2. The van der Waals surface area contributed by atoms with Crippen molar-refractivity contribution >= 4 is 16.9 Å². The number of aryl methyl sites for hydroxylation is 1. The molecular formula is C19H21N3O2. The van der Waals surface area contributed by atoms with Gasteiger partial charge in [0, 0.05) is 0 Å². The van der Waals surface area contributed by atoms with Gasteiger partial charge in [0.1, 0.15) is 11.6 Å². The van der Waals surface area contributed by atoms with Crippen LogP contribution in [-0.2, 0) is 4.79 Å². The molecule has 24 heavy (non-hydrogen) atoms. The van der Waals surface area contributed by atoms with Crippen molar-refractivity contribution in [2.45, 2.75) is 32.9 Å². The average molecular weight is 323 g/mol. The first kappa shape index (κ1) is 16.1. The maximum absolute atomic E-state index is 12.4. The molecule has 0 saturated carbocycles. The van der Waals surface area contributed by atoms with Crippen LogP contribution in [0.5, 0.6) is 5.75 Å². The van der Waals surface area contributed by atoms with E-state index in [4.69, 9.17) is 4.74 Å². The number of rotatable bonds is 5. The summed E-state index contributed by atoms with van der Waals surface area (Å²) in [6.07, 6.45) is -0.585. The Bertz CT molecular complexity index is 823. The van der Waals surface area contributed by atoms with Crippen molar-refractivity contribution in [3.63, 3.8) is 0 Å². The molecule has 0 unspecified atom stereocenters. The molecule has 1 amide bonds. The maximum Gasteiger partial charge on any atom is 0.261 e. The van der Waals surface area contributed by atoms with E-state index in [0.29, 0.717) is 5.75 Å². The summed E-state index contributed by atoms with van der Waals surface area (Å²) in [5.41, 5.74) is 2.94. The molecule has 3 aromatic rings. The third-order valence-electron chi connectivity index (χ3n) is 3.85. The topological polar surface area (TPSA) is 67.0 Å². The molecule has 1 aromatic heterocycles. The van der Waals surface area contributed by atoms with Crippen LogP contribution in [-0.4, -0.2) is 22.0 Å². The lowest BCUT2D eigenvalue weighted by Gasteiger charge is -2.17. The van der Waals surface area contributed by atoms with Gasteiger partial charge in [0.2, 0.25) is 0 Å². The molecule has 0 aliphatic rings. The predicted octanol–water partition coefficient (Wildman–Crippen LogP) is 3.52. The number of aromatic amines is 1. The summed E-state index contributed by atoms with van der Waals surface area (Å²) < 4.78 is 5.71. The molecule has 2 atom stereocenters. The summed E-state index contributed by atoms with van der Waals surface area (Å²) in [6.45, 7) is 5.62. The van der Waals surface area contributed by atoms with Gasteiger partial charge in [-0.15, -0.1) is 0 Å². The molecule has 3 rings (SSSR count). The van der Waals surface area contributed by atoms with E-state index in [1.54, 1.807) is 6.92 Å². The molecule has 0 aliphatic carbocycles. The number of hydrogen-bond donors (Lipinski definition) is 2. The van der Waals surface area contributed by atoms with Gasteiger partial charge in [-0.25, -0.2) is 4.98 Å². The molecule has 1 heterocycles. The second kappa shape index (κ2) is 6.74. The fourth-order valence-corrected chi connectivity index (χ4v) is 2.52. The third kappa shape index (κ3) is 3.56. The monoisotopic (exact) mass is 323 g/mol. The third-order valence-corrected chi connectivity index (χ3v) is 3.85. The molecule has 0 saturated heterocycles. The Morgan fingerprint density at radius 1 is 1.17 bits per heavy atom. The van der Waals surface area contributed by atoms with Crippen LogP contribution in [0, 0.1) is 6.92 Å². The second-order valence-electron chi connectivity index (χ2n) is 5.95. The number of carbonyl (C=O) groups excluding carboxylic acids is 1. The van der Waals surface area contributed by atoms with Gasteiger partial charge in [-0.05, 0) is 50.6 Å². The van der Waals surface area contributed by atoms with Gasteiger partial charge in [0.15, 0.2) is 6.10 Å². The number of amides is 1. The lowest BCUT2D eigenvalue weighted by molar-refractivity contribution is -0.128. The van der Waals surface area contributed by atoms with Gasteiger partial charge < -0.3 is 15.0 Å². The number of aromatic nitrogens is 2. The van der Waals surface area contributed by atoms with E-state index in [1.165, 1.54) is 0 Å². The Morgan fingerprint density at radius 2 is 1.96 bits per heavy atom. The molecule has 0 spiro atoms. The van der Waals surface area contributed by atoms with Gasteiger partial charge in [-0.3, -0.25) is 4.79 Å². The first-order valence-electron chi connectivity index (χ1n) is 8.01. The van der Waals surface area contributed by atoms with Crippen molar-refractivity contribution in [1.82, 2.24) is 15.3 Å². The predicted molar refractivity (Wildman–Crippen MR) is 93.9 cm³/mol. The van der Waals surface area contributed by atoms with Gasteiger partial charge in [0.25, 0.3) is 5.91 Å². The lowest BCUT2D eigenvalue weighted by Crippen LogP contribution is -2.38. The highest BCUT2D eigenvalue weighted by Gasteiger charge is 2.19. The summed E-state index contributed by atoms with van der Waals surface area (Å²) in [5.74, 6) is 1.24. The molecule has 2 N–H and O–H groups in total. The number of ether oxygens (including phenoxy) is 1. The van der Waals surface area contributed by atoms with Gasteiger partial charge in [0.05, 0.1) is 17.1 Å². The van der Waals surface area contributed by atoms with Gasteiger partial charge in [-0.1, -0.05) is 24.3 Å². The van der Waals surface area contributed by atoms with Crippen molar-refractivity contribution in [1.29, 1.82) is 0 Å². The zero-order valence-electron chi connectivity index (χ0n) is 14.0. The van der Waals surface area contributed by atoms with Crippen LogP contribution < -0.4 is 10.1 Å². The number of fused-ring (bicyclic) bond motifs is 1. The fraction of sp³-hybridized carbons (Fsp3) is 0.263. The van der Waals surface area contributed by atoms with E-state index in [9.17, 15) is 4.79 Å². The second-order valence-corrected chi connectivity index (χ2v) is 5.95. The van der Waals surface area contributed by atoms with Crippen LogP contribution in [0.4, 0.5) is 0 Å². The Kier molecular flexibility index (Phi) is 4.51. The minimum Gasteiger partial charge on any atom is -0.481 e. The minimum absolute atomic E-state index is 0.176. The fourth-order valence-electron chi connectivity index (χ4n) is 2.52. The van der Waals surface area contributed by atoms with E-state index in [2.05, 4.69) is 15.3 Å². The molecule has 124 valence electrons. The Morgan fingerprint density at radius 3 is 2.71 bits per heavy atom. The largest absolute Gasteiger partial charge is 0.481 e. The van der Waals surface area contributed by atoms with Crippen LogP contribution in [0.3, 0.4) is 0 Å². The van der Waals surface area contributed by atoms with Crippen LogP contribution in [0.15, 0.2) is 48.5 Å². The Labute approximate surface area is 141 Å². The zero-order chi connectivity index (χ0) is 17.1. The number of H-pyrrole nitrogens is 1. The smallest absolute Gasteiger partial charge is 0.261 e. The summed E-state index contributed by atoms with van der Waals surface area (Å²) in [4.78, 5) is 20.1. The number of carbonyl (C=O) groups is 1. The normalized spacial score (nSPS) is 13.5. The standard InChI is InChI=1S/C19H21N3O2/c1-12-7-6-8-15(11-12)24-14(3)19(23)20-13(2)18-21-16-9-4-5-10-17(16)22-18/h4-11,13-14H,1-3H3,(H,20,23)(H,21,22)/t13-,14+/m1/s1. The van der Waals surface area contributed by atoms with Gasteiger partial charge in [-0.2, -0.15) is 0 Å². The van der Waals surface area contributed by atoms with Crippen LogP contribution >= 0.6 is 0 Å². The number of imidazole rings is 1. The van der Waals surface area contributed by atoms with Crippen molar-refractivity contribution in [3.05, 3.63) is 59.9 Å². The number of nitrogens with one attached hydrogen (secondary N) is 2. The molecule has 0 radical (unpaired) electrons. The molecule has 2 aromatic carbocycles. The number of para-hydroxylation sites is 2. The minimum atomic E-state index is -0.585.